The van der Waals surface area contributed by atoms with Crippen molar-refractivity contribution >= 4 is 5.91 Å². The van der Waals surface area contributed by atoms with Gasteiger partial charge in [-0.05, 0) is 43.9 Å². The lowest BCUT2D eigenvalue weighted by atomic mass is 9.98. The summed E-state index contributed by atoms with van der Waals surface area (Å²) in [5.41, 5.74) is 3.01. The van der Waals surface area contributed by atoms with Crippen LogP contribution in [-0.4, -0.2) is 62.7 Å². The summed E-state index contributed by atoms with van der Waals surface area (Å²) in [5.74, 6) is 2.54. The van der Waals surface area contributed by atoms with Crippen LogP contribution in [0.3, 0.4) is 0 Å². The van der Waals surface area contributed by atoms with Gasteiger partial charge in [-0.2, -0.15) is 0 Å². The van der Waals surface area contributed by atoms with E-state index in [4.69, 9.17) is 14.2 Å². The zero-order valence-corrected chi connectivity index (χ0v) is 19.6. The molecule has 2 aliphatic rings. The summed E-state index contributed by atoms with van der Waals surface area (Å²) in [4.78, 5) is 18.3. The van der Waals surface area contributed by atoms with E-state index in [1.165, 1.54) is 11.1 Å². The minimum Gasteiger partial charge on any atom is -0.496 e. The predicted molar refractivity (Wildman–Crippen MR) is 125 cm³/mol. The van der Waals surface area contributed by atoms with Crippen molar-refractivity contribution in [1.82, 2.24) is 9.80 Å². The Morgan fingerprint density at radius 1 is 1.00 bits per heavy atom. The fraction of sp³-hybridized carbons (Fsp3) is 0.500. The van der Waals surface area contributed by atoms with Crippen molar-refractivity contribution in [3.63, 3.8) is 0 Å². The molecule has 0 aromatic heterocycles. The molecule has 2 aromatic rings. The highest BCUT2D eigenvalue weighted by Gasteiger charge is 2.40. The molecular formula is C26H34N2O4. The van der Waals surface area contributed by atoms with Gasteiger partial charge < -0.3 is 19.1 Å². The molecule has 1 amide bonds. The summed E-state index contributed by atoms with van der Waals surface area (Å²) in [6.07, 6.45) is 3.35. The third-order valence-corrected chi connectivity index (χ3v) is 6.83. The lowest BCUT2D eigenvalue weighted by Gasteiger charge is -2.31. The van der Waals surface area contributed by atoms with Crippen LogP contribution in [0, 0.1) is 12.8 Å². The van der Waals surface area contributed by atoms with E-state index in [-0.39, 0.29) is 11.9 Å². The van der Waals surface area contributed by atoms with Gasteiger partial charge in [-0.25, -0.2) is 0 Å². The molecule has 0 saturated carbocycles. The number of fused-ring (bicyclic) bond motifs is 1. The van der Waals surface area contributed by atoms with Crippen molar-refractivity contribution in [1.29, 1.82) is 0 Å². The van der Waals surface area contributed by atoms with Crippen LogP contribution in [0.15, 0.2) is 36.4 Å². The quantitative estimate of drug-likeness (QED) is 0.678. The van der Waals surface area contributed by atoms with Crippen LogP contribution in [0.2, 0.25) is 0 Å². The number of benzene rings is 2. The van der Waals surface area contributed by atoms with Crippen molar-refractivity contribution < 1.29 is 19.0 Å². The lowest BCUT2D eigenvalue weighted by molar-refractivity contribution is 0.0659. The number of rotatable bonds is 6. The Balaban J connectivity index is 1.57. The number of hydrogen-bond acceptors (Lipinski definition) is 5. The summed E-state index contributed by atoms with van der Waals surface area (Å²) in [5, 5.41) is 0. The Kier molecular flexibility index (Phi) is 6.89. The fourth-order valence-corrected chi connectivity index (χ4v) is 5.30. The van der Waals surface area contributed by atoms with Crippen molar-refractivity contribution in [3.05, 3.63) is 53.1 Å². The minimum absolute atomic E-state index is 0.0348. The van der Waals surface area contributed by atoms with Crippen molar-refractivity contribution in [2.24, 2.45) is 5.92 Å². The molecule has 0 bridgehead atoms. The van der Waals surface area contributed by atoms with E-state index in [0.717, 1.165) is 51.2 Å². The molecule has 0 radical (unpaired) electrons. The van der Waals surface area contributed by atoms with Gasteiger partial charge in [-0.3, -0.25) is 9.69 Å². The van der Waals surface area contributed by atoms with Crippen LogP contribution in [0.1, 0.15) is 40.7 Å². The van der Waals surface area contributed by atoms with Crippen LogP contribution >= 0.6 is 0 Å². The molecule has 2 fully saturated rings. The maximum absolute atomic E-state index is 13.7. The van der Waals surface area contributed by atoms with Gasteiger partial charge in [0.25, 0.3) is 5.91 Å². The first-order valence-corrected chi connectivity index (χ1v) is 11.4. The second-order valence-electron chi connectivity index (χ2n) is 8.87. The number of carbonyl (C=O) groups is 1. The zero-order valence-electron chi connectivity index (χ0n) is 19.6. The van der Waals surface area contributed by atoms with Crippen molar-refractivity contribution in [3.8, 4) is 17.2 Å². The average molecular weight is 439 g/mol. The Morgan fingerprint density at radius 2 is 1.81 bits per heavy atom. The number of likely N-dealkylation sites (tertiary alicyclic amines) is 2. The number of aryl methyl sites for hydroxylation is 1. The number of nitrogens with zero attached hydrogens (tertiary/aromatic N) is 2. The highest BCUT2D eigenvalue weighted by molar-refractivity contribution is 5.98. The van der Waals surface area contributed by atoms with Crippen LogP contribution < -0.4 is 14.2 Å². The first-order chi connectivity index (χ1) is 15.5. The van der Waals surface area contributed by atoms with Crippen molar-refractivity contribution in [2.75, 3.05) is 41.0 Å². The predicted octanol–water partition coefficient (Wildman–Crippen LogP) is 4.15. The summed E-state index contributed by atoms with van der Waals surface area (Å²) >= 11 is 0. The number of ether oxygens (including phenoxy) is 3. The van der Waals surface area contributed by atoms with E-state index in [1.54, 1.807) is 21.3 Å². The molecule has 2 saturated heterocycles. The Bertz CT molecular complexity index is 961. The Hall–Kier alpha value is -2.73. The van der Waals surface area contributed by atoms with E-state index in [9.17, 15) is 4.79 Å². The molecule has 2 aliphatic heterocycles. The molecule has 0 N–H and O–H groups in total. The SMILES string of the molecule is COc1ccc(C)cc1CN1C[C@@H]2CCCCN(C(=O)c3cccc(OC)c3OC)[C@@H]2C1. The number of hydrogen-bond donors (Lipinski definition) is 0. The monoisotopic (exact) mass is 438 g/mol. The molecule has 0 unspecified atom stereocenters. The van der Waals surface area contributed by atoms with Gasteiger partial charge in [0, 0.05) is 37.8 Å². The first-order valence-electron chi connectivity index (χ1n) is 11.4. The molecule has 172 valence electrons. The number of amides is 1. The number of methoxy groups -OCH3 is 3. The van der Waals surface area contributed by atoms with Crippen LogP contribution in [0.25, 0.3) is 0 Å². The molecule has 2 aromatic carbocycles. The van der Waals surface area contributed by atoms with Gasteiger partial charge in [0.1, 0.15) is 5.75 Å². The first kappa shape index (κ1) is 22.5. The molecule has 4 rings (SSSR count). The minimum atomic E-state index is 0.0348. The Labute approximate surface area is 191 Å². The van der Waals surface area contributed by atoms with E-state index < -0.39 is 0 Å². The maximum atomic E-state index is 13.7. The van der Waals surface area contributed by atoms with Gasteiger partial charge in [-0.15, -0.1) is 0 Å². The van der Waals surface area contributed by atoms with Gasteiger partial charge in [0.15, 0.2) is 11.5 Å². The second kappa shape index (κ2) is 9.82. The topological polar surface area (TPSA) is 51.2 Å². The zero-order chi connectivity index (χ0) is 22.7. The third-order valence-electron chi connectivity index (χ3n) is 6.83. The standard InChI is InChI=1S/C26H34N2O4/c1-18-11-12-23(30-2)20(14-18)16-27-15-19-8-5-6-13-28(22(19)17-27)26(29)21-9-7-10-24(31-3)25(21)32-4/h7,9-12,14,19,22H,5-6,8,13,15-17H2,1-4H3/t19-,22+/m0/s1. The lowest BCUT2D eigenvalue weighted by Crippen LogP contribution is -2.44. The number of carbonyl (C=O) groups excluding carboxylic acids is 1. The third kappa shape index (κ3) is 4.42. The van der Waals surface area contributed by atoms with Gasteiger partial charge in [0.2, 0.25) is 0 Å². The molecule has 0 spiro atoms. The smallest absolute Gasteiger partial charge is 0.258 e. The highest BCUT2D eigenvalue weighted by atomic mass is 16.5. The highest BCUT2D eigenvalue weighted by Crippen LogP contribution is 2.36. The second-order valence-corrected chi connectivity index (χ2v) is 8.87. The van der Waals surface area contributed by atoms with Gasteiger partial charge in [0.05, 0.1) is 26.9 Å². The Morgan fingerprint density at radius 3 is 2.56 bits per heavy atom. The van der Waals surface area contributed by atoms with Crippen LogP contribution in [-0.2, 0) is 6.54 Å². The molecule has 0 aliphatic carbocycles. The molecule has 2 atom stereocenters. The molecular weight excluding hydrogens is 404 g/mol. The van der Waals surface area contributed by atoms with E-state index >= 15 is 0 Å². The van der Waals surface area contributed by atoms with Crippen LogP contribution in [0.5, 0.6) is 17.2 Å². The van der Waals surface area contributed by atoms with Gasteiger partial charge in [-0.1, -0.05) is 30.2 Å². The molecule has 6 heteroatoms. The average Bonchev–Trinajstić information content (AvgIpc) is 3.09. The number of para-hydroxylation sites is 1. The van der Waals surface area contributed by atoms with E-state index in [0.29, 0.717) is 23.0 Å². The summed E-state index contributed by atoms with van der Waals surface area (Å²) in [6.45, 7) is 5.60. The summed E-state index contributed by atoms with van der Waals surface area (Å²) in [7, 11) is 4.92. The van der Waals surface area contributed by atoms with E-state index in [1.807, 2.05) is 24.3 Å². The molecule has 32 heavy (non-hydrogen) atoms. The largest absolute Gasteiger partial charge is 0.496 e. The maximum Gasteiger partial charge on any atom is 0.258 e. The normalized spacial score (nSPS) is 21.1. The van der Waals surface area contributed by atoms with Crippen molar-refractivity contribution in [2.45, 2.75) is 38.8 Å². The molecule has 6 nitrogen and oxygen atoms in total. The van der Waals surface area contributed by atoms with Gasteiger partial charge >= 0.3 is 0 Å². The summed E-state index contributed by atoms with van der Waals surface area (Å²) < 4.78 is 16.6. The van der Waals surface area contributed by atoms with Crippen LogP contribution in [0.4, 0.5) is 0 Å². The molecule has 2 heterocycles. The van der Waals surface area contributed by atoms with E-state index in [2.05, 4.69) is 28.9 Å². The summed E-state index contributed by atoms with van der Waals surface area (Å²) in [6, 6.07) is 12.1. The fourth-order valence-electron chi connectivity index (χ4n) is 5.30.